The predicted molar refractivity (Wildman–Crippen MR) is 83.2 cm³/mol. The van der Waals surface area contributed by atoms with E-state index in [1.807, 2.05) is 20.8 Å². The molecule has 1 amide bonds. The fraction of sp³-hybridized carbons (Fsp3) is 0.667. The number of carbonyl (C=O) groups is 2. The predicted octanol–water partition coefficient (Wildman–Crippen LogP) is 2.60. The van der Waals surface area contributed by atoms with Crippen LogP contribution in [0.4, 0.5) is 4.79 Å². The van der Waals surface area contributed by atoms with E-state index in [9.17, 15) is 9.59 Å². The van der Waals surface area contributed by atoms with Gasteiger partial charge in [-0.2, -0.15) is 0 Å². The van der Waals surface area contributed by atoms with E-state index < -0.39 is 5.60 Å². The number of ether oxygens (including phenoxy) is 2. The quantitative estimate of drug-likeness (QED) is 0.778. The van der Waals surface area contributed by atoms with Crippen molar-refractivity contribution in [2.24, 2.45) is 5.92 Å². The summed E-state index contributed by atoms with van der Waals surface area (Å²) in [5.41, 5.74) is -0.480. The largest absolute Gasteiger partial charge is 0.444 e. The van der Waals surface area contributed by atoms with Crippen LogP contribution in [0.5, 0.6) is 0 Å². The van der Waals surface area contributed by atoms with Crippen molar-refractivity contribution in [2.75, 3.05) is 26.3 Å². The first-order chi connectivity index (χ1) is 10.3. The molecule has 1 aliphatic rings. The average molecular weight is 326 g/mol. The van der Waals surface area contributed by atoms with Crippen LogP contribution in [-0.2, 0) is 9.47 Å². The Balaban J connectivity index is 1.68. The maximum Gasteiger partial charge on any atom is 0.410 e. The van der Waals surface area contributed by atoms with E-state index in [1.54, 1.807) is 16.5 Å². The lowest BCUT2D eigenvalue weighted by atomic mass is 10.1. The lowest BCUT2D eigenvalue weighted by molar-refractivity contribution is 0.0273. The van der Waals surface area contributed by atoms with Gasteiger partial charge in [-0.15, -0.1) is 11.3 Å². The van der Waals surface area contributed by atoms with Crippen LogP contribution in [0.2, 0.25) is 0 Å². The molecule has 0 aromatic carbocycles. The van der Waals surface area contributed by atoms with E-state index in [-0.39, 0.29) is 24.4 Å². The topological polar surface area (TPSA) is 68.7 Å². The van der Waals surface area contributed by atoms with Gasteiger partial charge in [0, 0.05) is 30.6 Å². The maximum atomic E-state index is 11.9. The van der Waals surface area contributed by atoms with Crippen molar-refractivity contribution in [1.82, 2.24) is 9.88 Å². The van der Waals surface area contributed by atoms with E-state index in [2.05, 4.69) is 4.98 Å². The molecule has 0 aliphatic carbocycles. The van der Waals surface area contributed by atoms with Crippen molar-refractivity contribution in [2.45, 2.75) is 32.8 Å². The molecule has 122 valence electrons. The van der Waals surface area contributed by atoms with Crippen molar-refractivity contribution >= 4 is 23.2 Å². The second-order valence-corrected chi connectivity index (χ2v) is 7.25. The normalized spacial score (nSPS) is 18.5. The van der Waals surface area contributed by atoms with Gasteiger partial charge in [0.25, 0.3) is 0 Å². The van der Waals surface area contributed by atoms with Crippen LogP contribution in [-0.4, -0.2) is 53.7 Å². The zero-order chi connectivity index (χ0) is 16.2. The lowest BCUT2D eigenvalue weighted by Gasteiger charge is -2.24. The number of amides is 1. The van der Waals surface area contributed by atoms with Gasteiger partial charge < -0.3 is 14.4 Å². The van der Waals surface area contributed by atoms with E-state index >= 15 is 0 Å². The average Bonchev–Trinajstić information content (AvgIpc) is 3.08. The molecule has 0 N–H and O–H groups in total. The fourth-order valence-corrected chi connectivity index (χ4v) is 2.76. The Morgan fingerprint density at radius 3 is 2.86 bits per heavy atom. The molecule has 1 aromatic rings. The third kappa shape index (κ3) is 5.06. The number of thiazole rings is 1. The molecular formula is C15H22N2O4S. The van der Waals surface area contributed by atoms with Crippen molar-refractivity contribution in [3.8, 4) is 0 Å². The van der Waals surface area contributed by atoms with Gasteiger partial charge in [-0.1, -0.05) is 0 Å². The van der Waals surface area contributed by atoms with Gasteiger partial charge in [-0.25, -0.2) is 9.78 Å². The van der Waals surface area contributed by atoms with Crippen LogP contribution in [0, 0.1) is 5.92 Å². The van der Waals surface area contributed by atoms with Crippen molar-refractivity contribution < 1.29 is 19.1 Å². The van der Waals surface area contributed by atoms with Crippen LogP contribution in [0.3, 0.4) is 0 Å². The summed E-state index contributed by atoms with van der Waals surface area (Å²) in [7, 11) is 0. The number of ketones is 1. The third-order valence-corrected chi connectivity index (χ3v) is 4.01. The van der Waals surface area contributed by atoms with E-state index in [0.717, 1.165) is 6.42 Å². The monoisotopic (exact) mass is 326 g/mol. The van der Waals surface area contributed by atoms with Crippen LogP contribution in [0.25, 0.3) is 0 Å². The molecule has 0 unspecified atom stereocenters. The first-order valence-electron chi connectivity index (χ1n) is 7.33. The lowest BCUT2D eigenvalue weighted by Crippen LogP contribution is -2.35. The minimum absolute atomic E-state index is 0.0381. The van der Waals surface area contributed by atoms with Crippen molar-refractivity contribution in [1.29, 1.82) is 0 Å². The number of aromatic nitrogens is 1. The molecule has 1 fully saturated rings. The first kappa shape index (κ1) is 16.9. The Bertz CT molecular complexity index is 510. The molecule has 6 nitrogen and oxygen atoms in total. The molecule has 2 heterocycles. The van der Waals surface area contributed by atoms with Gasteiger partial charge >= 0.3 is 6.09 Å². The molecule has 0 saturated carbocycles. The van der Waals surface area contributed by atoms with Gasteiger partial charge in [-0.05, 0) is 27.2 Å². The van der Waals surface area contributed by atoms with Crippen LogP contribution in [0.1, 0.15) is 37.0 Å². The summed E-state index contributed by atoms with van der Waals surface area (Å²) >= 11 is 1.31. The minimum atomic E-state index is -0.480. The Morgan fingerprint density at radius 2 is 2.23 bits per heavy atom. The Labute approximate surface area is 134 Å². The molecule has 1 aliphatic heterocycles. The summed E-state index contributed by atoms with van der Waals surface area (Å²) in [4.78, 5) is 29.3. The molecule has 7 heteroatoms. The third-order valence-electron chi connectivity index (χ3n) is 3.20. The fourth-order valence-electron chi connectivity index (χ4n) is 2.20. The van der Waals surface area contributed by atoms with E-state index in [4.69, 9.17) is 9.47 Å². The SMILES string of the molecule is CC(C)(C)OC(=O)N1CC[C@@H](COCC(=O)c2nccs2)C1. The van der Waals surface area contributed by atoms with Gasteiger partial charge in [0.2, 0.25) is 5.78 Å². The molecule has 0 spiro atoms. The van der Waals surface area contributed by atoms with Gasteiger partial charge in [0.1, 0.15) is 12.2 Å². The number of Topliss-reactive ketones (excluding diaryl/α,β-unsaturated/α-hetero) is 1. The van der Waals surface area contributed by atoms with Gasteiger partial charge in [0.05, 0.1) is 6.61 Å². The highest BCUT2D eigenvalue weighted by Gasteiger charge is 2.29. The number of hydrogen-bond donors (Lipinski definition) is 0. The second-order valence-electron chi connectivity index (χ2n) is 6.36. The molecular weight excluding hydrogens is 304 g/mol. The van der Waals surface area contributed by atoms with E-state index in [0.29, 0.717) is 24.7 Å². The summed E-state index contributed by atoms with van der Waals surface area (Å²) < 4.78 is 10.8. The Kier molecular flexibility index (Phi) is 5.52. The molecule has 1 atom stereocenters. The maximum absolute atomic E-state index is 11.9. The number of likely N-dealkylation sites (tertiary alicyclic amines) is 1. The molecule has 1 saturated heterocycles. The van der Waals surface area contributed by atoms with Crippen LogP contribution >= 0.6 is 11.3 Å². The number of rotatable bonds is 5. The second kappa shape index (κ2) is 7.19. The van der Waals surface area contributed by atoms with E-state index in [1.165, 1.54) is 11.3 Å². The highest BCUT2D eigenvalue weighted by Crippen LogP contribution is 2.19. The minimum Gasteiger partial charge on any atom is -0.444 e. The van der Waals surface area contributed by atoms with Crippen molar-refractivity contribution in [3.05, 3.63) is 16.6 Å². The number of hydrogen-bond acceptors (Lipinski definition) is 6. The Hall–Kier alpha value is -1.47. The smallest absolute Gasteiger partial charge is 0.410 e. The molecule has 1 aromatic heterocycles. The molecule has 0 bridgehead atoms. The highest BCUT2D eigenvalue weighted by molar-refractivity contribution is 7.11. The standard InChI is InChI=1S/C15H22N2O4S/c1-15(2,3)21-14(19)17-6-4-11(8-17)9-20-10-12(18)13-16-5-7-22-13/h5,7,11H,4,6,8-10H2,1-3H3/t11-/m1/s1. The van der Waals surface area contributed by atoms with Crippen molar-refractivity contribution in [3.63, 3.8) is 0 Å². The van der Waals surface area contributed by atoms with Crippen LogP contribution in [0.15, 0.2) is 11.6 Å². The van der Waals surface area contributed by atoms with Crippen LogP contribution < -0.4 is 0 Å². The molecule has 0 radical (unpaired) electrons. The zero-order valence-corrected chi connectivity index (χ0v) is 14.0. The Morgan fingerprint density at radius 1 is 1.45 bits per heavy atom. The number of carbonyl (C=O) groups excluding carboxylic acids is 2. The first-order valence-corrected chi connectivity index (χ1v) is 8.21. The highest BCUT2D eigenvalue weighted by atomic mass is 32.1. The molecule has 22 heavy (non-hydrogen) atoms. The molecule has 2 rings (SSSR count). The summed E-state index contributed by atoms with van der Waals surface area (Å²) in [5, 5.41) is 2.24. The number of nitrogens with zero attached hydrogens (tertiary/aromatic N) is 2. The van der Waals surface area contributed by atoms with Gasteiger partial charge in [-0.3, -0.25) is 4.79 Å². The summed E-state index contributed by atoms with van der Waals surface area (Å²) in [6.07, 6.45) is 2.19. The summed E-state index contributed by atoms with van der Waals surface area (Å²) in [5.74, 6) is 0.147. The summed E-state index contributed by atoms with van der Waals surface area (Å²) in [6.45, 7) is 7.35. The zero-order valence-electron chi connectivity index (χ0n) is 13.2. The van der Waals surface area contributed by atoms with Gasteiger partial charge in [0.15, 0.2) is 5.01 Å². The summed E-state index contributed by atoms with van der Waals surface area (Å²) in [6, 6.07) is 0.